The third-order valence-electron chi connectivity index (χ3n) is 4.83. The number of rotatable bonds is 5. The molecule has 3 unspecified atom stereocenters. The molecule has 2 heterocycles. The van der Waals surface area contributed by atoms with Crippen LogP contribution >= 0.6 is 0 Å². The molecule has 0 bridgehead atoms. The van der Waals surface area contributed by atoms with Crippen LogP contribution in [-0.4, -0.2) is 61.2 Å². The molecule has 0 aromatic heterocycles. The number of likely N-dealkylation sites (tertiary alicyclic amines) is 1. The summed E-state index contributed by atoms with van der Waals surface area (Å²) in [4.78, 5) is 5.28. The first kappa shape index (κ1) is 14.3. The maximum absolute atomic E-state index is 3.65. The molecule has 2 fully saturated rings. The summed E-state index contributed by atoms with van der Waals surface area (Å²) in [6.07, 6.45) is 6.74. The van der Waals surface area contributed by atoms with Gasteiger partial charge in [0.1, 0.15) is 0 Å². The summed E-state index contributed by atoms with van der Waals surface area (Å²) in [7, 11) is 2.27. The Morgan fingerprint density at radius 3 is 2.78 bits per heavy atom. The Balaban J connectivity index is 1.87. The summed E-state index contributed by atoms with van der Waals surface area (Å²) in [6, 6.07) is 2.32. The first-order valence-electron chi connectivity index (χ1n) is 7.88. The fraction of sp³-hybridized carbons (Fsp3) is 1.00. The number of nitrogens with zero attached hydrogens (tertiary/aromatic N) is 2. The Kier molecular flexibility index (Phi) is 5.46. The fourth-order valence-electron chi connectivity index (χ4n) is 3.50. The van der Waals surface area contributed by atoms with Crippen molar-refractivity contribution in [2.24, 2.45) is 0 Å². The van der Waals surface area contributed by atoms with Crippen molar-refractivity contribution < 1.29 is 0 Å². The van der Waals surface area contributed by atoms with E-state index in [1.165, 1.54) is 58.3 Å². The SMILES string of the molecule is CCCN(CC1CCCN1)C1CCN(C)C(C)C1. The van der Waals surface area contributed by atoms with Crippen molar-refractivity contribution in [1.82, 2.24) is 15.1 Å². The average Bonchev–Trinajstić information content (AvgIpc) is 2.85. The topological polar surface area (TPSA) is 18.5 Å². The Morgan fingerprint density at radius 1 is 1.33 bits per heavy atom. The third-order valence-corrected chi connectivity index (χ3v) is 4.83. The second kappa shape index (κ2) is 6.88. The van der Waals surface area contributed by atoms with E-state index in [0.717, 1.165) is 18.1 Å². The quantitative estimate of drug-likeness (QED) is 0.808. The number of hydrogen-bond donors (Lipinski definition) is 1. The van der Waals surface area contributed by atoms with Gasteiger partial charge < -0.3 is 10.2 Å². The molecule has 1 N–H and O–H groups in total. The first-order chi connectivity index (χ1) is 8.70. The molecule has 0 aromatic carbocycles. The van der Waals surface area contributed by atoms with Crippen molar-refractivity contribution in [3.63, 3.8) is 0 Å². The highest BCUT2D eigenvalue weighted by molar-refractivity contribution is 4.86. The standard InChI is InChI=1S/C15H31N3/c1-4-9-18(12-14-6-5-8-16-14)15-7-10-17(3)13(2)11-15/h13-16H,4-12H2,1-3H3. The number of nitrogens with one attached hydrogen (secondary N) is 1. The van der Waals surface area contributed by atoms with Gasteiger partial charge in [-0.1, -0.05) is 6.92 Å². The van der Waals surface area contributed by atoms with Crippen LogP contribution in [-0.2, 0) is 0 Å². The summed E-state index contributed by atoms with van der Waals surface area (Å²) in [5, 5.41) is 3.65. The largest absolute Gasteiger partial charge is 0.313 e. The van der Waals surface area contributed by atoms with Crippen LogP contribution < -0.4 is 5.32 Å². The molecule has 2 saturated heterocycles. The van der Waals surface area contributed by atoms with Gasteiger partial charge in [-0.25, -0.2) is 0 Å². The highest BCUT2D eigenvalue weighted by Gasteiger charge is 2.28. The van der Waals surface area contributed by atoms with Crippen LogP contribution in [0.5, 0.6) is 0 Å². The van der Waals surface area contributed by atoms with Gasteiger partial charge in [0, 0.05) is 24.7 Å². The van der Waals surface area contributed by atoms with Gasteiger partial charge in [-0.3, -0.25) is 4.90 Å². The van der Waals surface area contributed by atoms with Crippen LogP contribution in [0.2, 0.25) is 0 Å². The maximum Gasteiger partial charge on any atom is 0.0195 e. The van der Waals surface area contributed by atoms with Crippen molar-refractivity contribution in [3.05, 3.63) is 0 Å². The summed E-state index contributed by atoms with van der Waals surface area (Å²) >= 11 is 0. The predicted molar refractivity (Wildman–Crippen MR) is 78.0 cm³/mol. The number of hydrogen-bond acceptors (Lipinski definition) is 3. The van der Waals surface area contributed by atoms with E-state index >= 15 is 0 Å². The molecule has 18 heavy (non-hydrogen) atoms. The first-order valence-corrected chi connectivity index (χ1v) is 7.88. The Morgan fingerprint density at radius 2 is 2.17 bits per heavy atom. The minimum absolute atomic E-state index is 0.750. The molecule has 2 rings (SSSR count). The summed E-state index contributed by atoms with van der Waals surface area (Å²) in [6.45, 7) is 9.74. The van der Waals surface area contributed by atoms with Crippen molar-refractivity contribution >= 4 is 0 Å². The van der Waals surface area contributed by atoms with Crippen molar-refractivity contribution in [2.75, 3.05) is 33.2 Å². The molecule has 2 aliphatic rings. The Hall–Kier alpha value is -0.120. The molecule has 0 aliphatic carbocycles. The fourth-order valence-corrected chi connectivity index (χ4v) is 3.50. The lowest BCUT2D eigenvalue weighted by Gasteiger charge is -2.41. The lowest BCUT2D eigenvalue weighted by atomic mass is 9.96. The van der Waals surface area contributed by atoms with Gasteiger partial charge in [0.2, 0.25) is 0 Å². The molecular formula is C15H31N3. The zero-order valence-corrected chi connectivity index (χ0v) is 12.5. The highest BCUT2D eigenvalue weighted by Crippen LogP contribution is 2.22. The van der Waals surface area contributed by atoms with Crippen molar-refractivity contribution in [1.29, 1.82) is 0 Å². The van der Waals surface area contributed by atoms with Crippen LogP contribution in [0.15, 0.2) is 0 Å². The van der Waals surface area contributed by atoms with Crippen molar-refractivity contribution in [2.45, 2.75) is 64.1 Å². The van der Waals surface area contributed by atoms with Gasteiger partial charge in [0.05, 0.1) is 0 Å². The lowest BCUT2D eigenvalue weighted by molar-refractivity contribution is 0.0820. The van der Waals surface area contributed by atoms with E-state index in [1.807, 2.05) is 0 Å². The van der Waals surface area contributed by atoms with Crippen molar-refractivity contribution in [3.8, 4) is 0 Å². The molecule has 0 spiro atoms. The Labute approximate surface area is 113 Å². The maximum atomic E-state index is 3.65. The van der Waals surface area contributed by atoms with Gasteiger partial charge >= 0.3 is 0 Å². The summed E-state index contributed by atoms with van der Waals surface area (Å²) < 4.78 is 0. The average molecular weight is 253 g/mol. The zero-order chi connectivity index (χ0) is 13.0. The smallest absolute Gasteiger partial charge is 0.0195 e. The van der Waals surface area contributed by atoms with E-state index in [0.29, 0.717) is 0 Å². The third kappa shape index (κ3) is 3.69. The second-order valence-corrected chi connectivity index (χ2v) is 6.30. The molecule has 0 saturated carbocycles. The van der Waals surface area contributed by atoms with E-state index < -0.39 is 0 Å². The minimum atomic E-state index is 0.750. The zero-order valence-electron chi connectivity index (χ0n) is 12.5. The van der Waals surface area contributed by atoms with E-state index in [-0.39, 0.29) is 0 Å². The molecule has 2 aliphatic heterocycles. The van der Waals surface area contributed by atoms with Crippen LogP contribution in [0.4, 0.5) is 0 Å². The normalized spacial score (nSPS) is 34.3. The highest BCUT2D eigenvalue weighted by atomic mass is 15.2. The van der Waals surface area contributed by atoms with Crippen LogP contribution in [0.3, 0.4) is 0 Å². The monoisotopic (exact) mass is 253 g/mol. The molecule has 106 valence electrons. The van der Waals surface area contributed by atoms with Crippen LogP contribution in [0.1, 0.15) is 46.0 Å². The summed E-state index contributed by atoms with van der Waals surface area (Å²) in [5.41, 5.74) is 0. The Bertz CT molecular complexity index is 238. The van der Waals surface area contributed by atoms with E-state index in [1.54, 1.807) is 0 Å². The molecule has 3 heteroatoms. The molecule has 3 nitrogen and oxygen atoms in total. The van der Waals surface area contributed by atoms with Gasteiger partial charge in [-0.2, -0.15) is 0 Å². The lowest BCUT2D eigenvalue weighted by Crippen LogP contribution is -2.50. The van der Waals surface area contributed by atoms with Gasteiger partial charge in [0.15, 0.2) is 0 Å². The second-order valence-electron chi connectivity index (χ2n) is 6.30. The molecule has 3 atom stereocenters. The van der Waals surface area contributed by atoms with E-state index in [4.69, 9.17) is 0 Å². The van der Waals surface area contributed by atoms with Crippen LogP contribution in [0.25, 0.3) is 0 Å². The molecule has 0 aromatic rings. The number of piperidine rings is 1. The summed E-state index contributed by atoms with van der Waals surface area (Å²) in [5.74, 6) is 0. The van der Waals surface area contributed by atoms with E-state index in [2.05, 4.69) is 36.0 Å². The minimum Gasteiger partial charge on any atom is -0.313 e. The molecular weight excluding hydrogens is 222 g/mol. The van der Waals surface area contributed by atoms with Gasteiger partial charge in [-0.05, 0) is 65.7 Å². The van der Waals surface area contributed by atoms with E-state index in [9.17, 15) is 0 Å². The van der Waals surface area contributed by atoms with Crippen LogP contribution in [0, 0.1) is 0 Å². The van der Waals surface area contributed by atoms with Gasteiger partial charge in [-0.15, -0.1) is 0 Å². The molecule has 0 radical (unpaired) electrons. The molecule has 0 amide bonds. The predicted octanol–water partition coefficient (Wildman–Crippen LogP) is 1.93. The van der Waals surface area contributed by atoms with Gasteiger partial charge in [0.25, 0.3) is 0 Å².